The number of phenolic OH excluding ortho intramolecular Hbond substituents is 1. The molecule has 4 rings (SSSR count). The number of aryl methyl sites for hydroxylation is 1. The normalized spacial score (nSPS) is 15.9. The van der Waals surface area contributed by atoms with Gasteiger partial charge in [0, 0.05) is 17.8 Å². The maximum absolute atomic E-state index is 10.4. The van der Waals surface area contributed by atoms with Crippen LogP contribution in [0.2, 0.25) is 0 Å². The van der Waals surface area contributed by atoms with E-state index in [0.717, 1.165) is 54.6 Å². The minimum absolute atomic E-state index is 0.0577. The second kappa shape index (κ2) is 10.9. The van der Waals surface area contributed by atoms with E-state index in [-0.39, 0.29) is 11.8 Å². The molecule has 2 heterocycles. The average Bonchev–Trinajstić information content (AvgIpc) is 3.35. The largest absolute Gasteiger partial charge is 0.504 e. The number of hydrogen-bond donors (Lipinski definition) is 2. The molecule has 1 unspecified atom stereocenters. The summed E-state index contributed by atoms with van der Waals surface area (Å²) in [5.41, 5.74) is 4.77. The van der Waals surface area contributed by atoms with Crippen molar-refractivity contribution in [1.29, 1.82) is 0 Å². The van der Waals surface area contributed by atoms with E-state index in [1.807, 2.05) is 25.1 Å². The van der Waals surface area contributed by atoms with Crippen LogP contribution in [0.3, 0.4) is 0 Å². The molecule has 3 aromatic rings. The van der Waals surface area contributed by atoms with Crippen LogP contribution in [0.4, 0.5) is 0 Å². The second-order valence-electron chi connectivity index (χ2n) is 8.65. The molecule has 1 aromatic heterocycles. The summed E-state index contributed by atoms with van der Waals surface area (Å²) in [5.74, 6) is 1.42. The predicted molar refractivity (Wildman–Crippen MR) is 141 cm³/mol. The number of allylic oxidation sites excluding steroid dienone is 1. The number of nitrogens with one attached hydrogen (secondary N) is 1. The zero-order chi connectivity index (χ0) is 24.9. The summed E-state index contributed by atoms with van der Waals surface area (Å²) in [5, 5.41) is 18.8. The van der Waals surface area contributed by atoms with E-state index in [0.29, 0.717) is 22.6 Å². The summed E-state index contributed by atoms with van der Waals surface area (Å²) < 4.78 is 11.0. The molecule has 0 aliphatic carbocycles. The molecular weight excluding hydrogens is 460 g/mol. The van der Waals surface area contributed by atoms with Crippen molar-refractivity contribution in [3.8, 4) is 22.9 Å². The Labute approximate surface area is 211 Å². The molecule has 8 heteroatoms. The first-order chi connectivity index (χ1) is 17.0. The Hall–Kier alpha value is -3.39. The first-order valence-electron chi connectivity index (χ1n) is 12.1. The zero-order valence-corrected chi connectivity index (χ0v) is 21.5. The fourth-order valence-corrected chi connectivity index (χ4v) is 4.67. The van der Waals surface area contributed by atoms with Gasteiger partial charge < -0.3 is 24.6 Å². The van der Waals surface area contributed by atoms with Crippen LogP contribution in [0, 0.1) is 0 Å². The molecule has 2 N–H and O–H groups in total. The van der Waals surface area contributed by atoms with Gasteiger partial charge in [-0.15, -0.1) is 0 Å². The van der Waals surface area contributed by atoms with Gasteiger partial charge in [-0.05, 0) is 55.2 Å². The monoisotopic (exact) mass is 492 g/mol. The molecule has 35 heavy (non-hydrogen) atoms. The summed E-state index contributed by atoms with van der Waals surface area (Å²) in [4.78, 5) is 6.86. The highest BCUT2D eigenvalue weighted by Crippen LogP contribution is 2.40. The number of nitrogens with zero attached hydrogens (tertiary/aromatic N) is 3. The van der Waals surface area contributed by atoms with Gasteiger partial charge in [0.05, 0.1) is 18.7 Å². The number of unbranched alkanes of at least 4 members (excludes halogenated alkanes) is 2. The van der Waals surface area contributed by atoms with E-state index in [9.17, 15) is 5.11 Å². The third-order valence-corrected chi connectivity index (χ3v) is 6.73. The molecule has 0 radical (unpaired) electrons. The van der Waals surface area contributed by atoms with E-state index in [2.05, 4.69) is 41.4 Å². The Kier molecular flexibility index (Phi) is 7.70. The van der Waals surface area contributed by atoms with Crippen LogP contribution in [0.1, 0.15) is 63.1 Å². The molecule has 2 aromatic carbocycles. The van der Waals surface area contributed by atoms with Crippen molar-refractivity contribution < 1.29 is 14.4 Å². The Morgan fingerprint density at radius 3 is 2.57 bits per heavy atom. The van der Waals surface area contributed by atoms with Crippen molar-refractivity contribution in [2.75, 3.05) is 13.7 Å². The lowest BCUT2D eigenvalue weighted by molar-refractivity contribution is 0.372. The first kappa shape index (κ1) is 24.7. The lowest BCUT2D eigenvalue weighted by atomic mass is 9.94. The third-order valence-electron chi connectivity index (χ3n) is 6.39. The van der Waals surface area contributed by atoms with Crippen molar-refractivity contribution in [2.24, 2.45) is 0 Å². The molecule has 0 spiro atoms. The van der Waals surface area contributed by atoms with E-state index in [1.54, 1.807) is 12.1 Å². The summed E-state index contributed by atoms with van der Waals surface area (Å²) in [6.45, 7) is 7.14. The van der Waals surface area contributed by atoms with Gasteiger partial charge >= 0.3 is 0 Å². The Morgan fingerprint density at radius 1 is 1.14 bits per heavy atom. The lowest BCUT2D eigenvalue weighted by Crippen LogP contribution is -2.46. The quantitative estimate of drug-likeness (QED) is 0.284. The fourth-order valence-electron chi connectivity index (χ4n) is 4.32. The van der Waals surface area contributed by atoms with E-state index in [4.69, 9.17) is 26.5 Å². The van der Waals surface area contributed by atoms with Gasteiger partial charge in [-0.2, -0.15) is 4.98 Å². The number of hydrogen-bond acceptors (Lipinski definition) is 6. The van der Waals surface area contributed by atoms with Crippen molar-refractivity contribution in [1.82, 2.24) is 20.4 Å². The molecule has 7 nitrogen and oxygen atoms in total. The highest BCUT2D eigenvalue weighted by molar-refractivity contribution is 7.80. The standard InChI is InChI=1S/C27H32N4O3S/c1-5-7-8-15-31-17(3)23(24(28-27(31)35)20-13-14-22(33-4)21(32)16-20)26-29-25(30-34-26)19-11-9-18(6-2)10-12-19/h9-14,16,24,32H,5-8,15H2,1-4H3,(H,28,35). The van der Waals surface area contributed by atoms with Crippen molar-refractivity contribution in [2.45, 2.75) is 52.5 Å². The highest BCUT2D eigenvalue weighted by atomic mass is 32.1. The van der Waals surface area contributed by atoms with E-state index in [1.165, 1.54) is 12.7 Å². The topological polar surface area (TPSA) is 83.7 Å². The second-order valence-corrected chi connectivity index (χ2v) is 9.03. The molecular formula is C27H32N4O3S. The molecule has 0 saturated heterocycles. The lowest BCUT2D eigenvalue weighted by Gasteiger charge is -2.37. The van der Waals surface area contributed by atoms with Crippen molar-refractivity contribution in [3.63, 3.8) is 0 Å². The van der Waals surface area contributed by atoms with Gasteiger partial charge in [-0.25, -0.2) is 0 Å². The highest BCUT2D eigenvalue weighted by Gasteiger charge is 2.34. The van der Waals surface area contributed by atoms with Crippen LogP contribution >= 0.6 is 12.2 Å². The average molecular weight is 493 g/mol. The molecule has 0 bridgehead atoms. The summed E-state index contributed by atoms with van der Waals surface area (Å²) in [6, 6.07) is 13.1. The van der Waals surface area contributed by atoms with Crippen LogP contribution in [0.25, 0.3) is 17.0 Å². The summed E-state index contributed by atoms with van der Waals surface area (Å²) in [6.07, 6.45) is 4.24. The van der Waals surface area contributed by atoms with Gasteiger partial charge in [-0.3, -0.25) is 0 Å². The molecule has 184 valence electrons. The van der Waals surface area contributed by atoms with Crippen LogP contribution in [0.5, 0.6) is 11.5 Å². The third kappa shape index (κ3) is 5.17. The number of benzene rings is 2. The Balaban J connectivity index is 1.76. The molecule has 0 saturated carbocycles. The van der Waals surface area contributed by atoms with Gasteiger partial charge in [0.15, 0.2) is 16.6 Å². The fraction of sp³-hybridized carbons (Fsp3) is 0.370. The summed E-state index contributed by atoms with van der Waals surface area (Å²) in [7, 11) is 1.53. The number of thiocarbonyl (C=S) groups is 1. The molecule has 1 atom stereocenters. The number of methoxy groups -OCH3 is 1. The maximum atomic E-state index is 10.4. The SMILES string of the molecule is CCCCCN1C(=S)NC(c2ccc(OC)c(O)c2)C(c2nc(-c3ccc(CC)cc3)no2)=C1C. The molecule has 0 fully saturated rings. The minimum atomic E-state index is -0.363. The van der Waals surface area contributed by atoms with Gasteiger partial charge in [-0.1, -0.05) is 62.2 Å². The number of phenols is 1. The Morgan fingerprint density at radius 2 is 1.91 bits per heavy atom. The van der Waals surface area contributed by atoms with Gasteiger partial charge in [0.2, 0.25) is 5.82 Å². The van der Waals surface area contributed by atoms with Crippen LogP contribution in [-0.2, 0) is 6.42 Å². The number of aromatic hydroxyl groups is 1. The van der Waals surface area contributed by atoms with Gasteiger partial charge in [0.25, 0.3) is 5.89 Å². The zero-order valence-electron chi connectivity index (χ0n) is 20.7. The number of rotatable bonds is 9. The minimum Gasteiger partial charge on any atom is -0.504 e. The van der Waals surface area contributed by atoms with E-state index >= 15 is 0 Å². The Bertz CT molecular complexity index is 1220. The predicted octanol–water partition coefficient (Wildman–Crippen LogP) is 5.87. The van der Waals surface area contributed by atoms with Crippen molar-refractivity contribution in [3.05, 3.63) is 65.2 Å². The number of aromatic nitrogens is 2. The van der Waals surface area contributed by atoms with Gasteiger partial charge in [0.1, 0.15) is 0 Å². The molecule has 1 aliphatic heterocycles. The molecule has 1 aliphatic rings. The van der Waals surface area contributed by atoms with Crippen LogP contribution in [0.15, 0.2) is 52.7 Å². The summed E-state index contributed by atoms with van der Waals surface area (Å²) >= 11 is 5.75. The van der Waals surface area contributed by atoms with Crippen molar-refractivity contribution >= 4 is 22.9 Å². The van der Waals surface area contributed by atoms with Crippen LogP contribution < -0.4 is 10.1 Å². The maximum Gasteiger partial charge on any atom is 0.258 e. The van der Waals surface area contributed by atoms with Crippen LogP contribution in [-0.4, -0.2) is 38.9 Å². The smallest absolute Gasteiger partial charge is 0.258 e. The number of ether oxygens (including phenoxy) is 1. The van der Waals surface area contributed by atoms with E-state index < -0.39 is 0 Å². The molecule has 0 amide bonds. The first-order valence-corrected chi connectivity index (χ1v) is 12.5.